The van der Waals surface area contributed by atoms with E-state index in [1.54, 1.807) is 10.9 Å². The molecule has 0 bridgehead atoms. The van der Waals surface area contributed by atoms with E-state index in [1.165, 1.54) is 0 Å². The third-order valence-corrected chi connectivity index (χ3v) is 2.73. The third kappa shape index (κ3) is 2.47. The Labute approximate surface area is 106 Å². The van der Waals surface area contributed by atoms with Crippen LogP contribution in [0, 0.1) is 6.92 Å². The average molecular weight is 251 g/mol. The van der Waals surface area contributed by atoms with Crippen molar-refractivity contribution in [2.45, 2.75) is 32.6 Å². The Kier molecular flexibility index (Phi) is 3.43. The zero-order valence-corrected chi connectivity index (χ0v) is 10.9. The van der Waals surface area contributed by atoms with Crippen molar-refractivity contribution in [2.75, 3.05) is 0 Å². The molecular formula is C12H15ClN4. The van der Waals surface area contributed by atoms with Gasteiger partial charge in [0.1, 0.15) is 11.5 Å². The molecule has 0 aliphatic heterocycles. The van der Waals surface area contributed by atoms with Gasteiger partial charge in [-0.1, -0.05) is 13.8 Å². The first-order valence-electron chi connectivity index (χ1n) is 5.56. The molecule has 2 aromatic heterocycles. The second-order valence-electron chi connectivity index (χ2n) is 4.25. The van der Waals surface area contributed by atoms with E-state index in [4.69, 9.17) is 11.6 Å². The molecule has 2 rings (SSSR count). The molecule has 0 N–H and O–H groups in total. The van der Waals surface area contributed by atoms with E-state index in [-0.39, 0.29) is 0 Å². The van der Waals surface area contributed by atoms with Crippen molar-refractivity contribution in [3.63, 3.8) is 0 Å². The molecular weight excluding hydrogens is 236 g/mol. The van der Waals surface area contributed by atoms with Crippen LogP contribution in [0.1, 0.15) is 37.0 Å². The summed E-state index contributed by atoms with van der Waals surface area (Å²) in [6.45, 7) is 6.07. The predicted molar refractivity (Wildman–Crippen MR) is 67.5 cm³/mol. The summed E-state index contributed by atoms with van der Waals surface area (Å²) in [5.74, 6) is 1.47. The van der Waals surface area contributed by atoms with Crippen LogP contribution in [0.25, 0.3) is 5.69 Å². The van der Waals surface area contributed by atoms with Gasteiger partial charge < -0.3 is 0 Å². The summed E-state index contributed by atoms with van der Waals surface area (Å²) < 4.78 is 1.76. The van der Waals surface area contributed by atoms with Crippen LogP contribution in [0.5, 0.6) is 0 Å². The first-order chi connectivity index (χ1) is 8.11. The van der Waals surface area contributed by atoms with Gasteiger partial charge in [-0.25, -0.2) is 14.6 Å². The van der Waals surface area contributed by atoms with Gasteiger partial charge >= 0.3 is 0 Å². The number of aryl methyl sites for hydroxylation is 1. The highest BCUT2D eigenvalue weighted by Gasteiger charge is 2.11. The smallest absolute Gasteiger partial charge is 0.131 e. The molecule has 0 aliphatic carbocycles. The predicted octanol–water partition coefficient (Wildman–Crippen LogP) is 2.83. The highest BCUT2D eigenvalue weighted by atomic mass is 35.5. The zero-order chi connectivity index (χ0) is 12.4. The number of nitrogens with zero attached hydrogens (tertiary/aromatic N) is 4. The Bertz CT molecular complexity index is 519. The Morgan fingerprint density at radius 3 is 2.71 bits per heavy atom. The van der Waals surface area contributed by atoms with Gasteiger partial charge in [0.05, 0.1) is 23.5 Å². The average Bonchev–Trinajstić information content (AvgIpc) is 2.74. The summed E-state index contributed by atoms with van der Waals surface area (Å²) in [6, 6.07) is 1.94. The summed E-state index contributed by atoms with van der Waals surface area (Å²) in [5, 5.41) is 4.34. The van der Waals surface area contributed by atoms with E-state index in [0.29, 0.717) is 11.8 Å². The standard InChI is InChI=1S/C12H15ClN4/c1-8(2)12-14-7-11(10(6-13)15-12)17-5-4-9(3)16-17/h4-5,7-8H,6H2,1-3H3. The molecule has 0 saturated carbocycles. The zero-order valence-electron chi connectivity index (χ0n) is 10.2. The van der Waals surface area contributed by atoms with Crippen molar-refractivity contribution in [1.29, 1.82) is 0 Å². The molecule has 5 heteroatoms. The number of halogens is 1. The van der Waals surface area contributed by atoms with Gasteiger partial charge in [0, 0.05) is 12.1 Å². The lowest BCUT2D eigenvalue weighted by Gasteiger charge is -2.09. The highest BCUT2D eigenvalue weighted by molar-refractivity contribution is 6.17. The van der Waals surface area contributed by atoms with Crippen molar-refractivity contribution < 1.29 is 0 Å². The summed E-state index contributed by atoms with van der Waals surface area (Å²) in [4.78, 5) is 8.81. The number of rotatable bonds is 3. The fourth-order valence-electron chi connectivity index (χ4n) is 1.54. The molecule has 0 radical (unpaired) electrons. The highest BCUT2D eigenvalue weighted by Crippen LogP contribution is 2.17. The van der Waals surface area contributed by atoms with Crippen LogP contribution in [0.3, 0.4) is 0 Å². The lowest BCUT2D eigenvalue weighted by Crippen LogP contribution is -2.07. The van der Waals surface area contributed by atoms with Gasteiger partial charge in [0.15, 0.2) is 0 Å². The molecule has 4 nitrogen and oxygen atoms in total. The monoisotopic (exact) mass is 250 g/mol. The maximum Gasteiger partial charge on any atom is 0.131 e. The Morgan fingerprint density at radius 1 is 1.41 bits per heavy atom. The summed E-state index contributed by atoms with van der Waals surface area (Å²) in [7, 11) is 0. The SMILES string of the molecule is Cc1ccn(-c2cnc(C(C)C)nc2CCl)n1. The molecule has 0 fully saturated rings. The van der Waals surface area contributed by atoms with Crippen molar-refractivity contribution in [3.8, 4) is 5.69 Å². The van der Waals surface area contributed by atoms with E-state index >= 15 is 0 Å². The normalized spacial score (nSPS) is 11.1. The summed E-state index contributed by atoms with van der Waals surface area (Å²) in [6.07, 6.45) is 3.67. The molecule has 17 heavy (non-hydrogen) atoms. The second kappa shape index (κ2) is 4.84. The van der Waals surface area contributed by atoms with Gasteiger partial charge in [0.25, 0.3) is 0 Å². The van der Waals surface area contributed by atoms with Crippen LogP contribution in [0.2, 0.25) is 0 Å². The fourth-order valence-corrected chi connectivity index (χ4v) is 1.74. The van der Waals surface area contributed by atoms with Crippen LogP contribution in [0.15, 0.2) is 18.5 Å². The maximum atomic E-state index is 5.93. The number of hydrogen-bond donors (Lipinski definition) is 0. The van der Waals surface area contributed by atoms with Crippen molar-refractivity contribution in [3.05, 3.63) is 35.7 Å². The van der Waals surface area contributed by atoms with E-state index in [2.05, 4.69) is 28.9 Å². The first kappa shape index (κ1) is 12.0. The lowest BCUT2D eigenvalue weighted by molar-refractivity contribution is 0.747. The van der Waals surface area contributed by atoms with Gasteiger partial charge in [-0.05, 0) is 13.0 Å². The molecule has 0 atom stereocenters. The fraction of sp³-hybridized carbons (Fsp3) is 0.417. The quantitative estimate of drug-likeness (QED) is 0.787. The number of aromatic nitrogens is 4. The van der Waals surface area contributed by atoms with E-state index < -0.39 is 0 Å². The first-order valence-corrected chi connectivity index (χ1v) is 6.09. The second-order valence-corrected chi connectivity index (χ2v) is 4.52. The maximum absolute atomic E-state index is 5.93. The van der Waals surface area contributed by atoms with Crippen molar-refractivity contribution in [1.82, 2.24) is 19.7 Å². The molecule has 2 heterocycles. The Morgan fingerprint density at radius 2 is 2.18 bits per heavy atom. The van der Waals surface area contributed by atoms with Crippen molar-refractivity contribution in [2.24, 2.45) is 0 Å². The van der Waals surface area contributed by atoms with Gasteiger partial charge in [-0.15, -0.1) is 11.6 Å². The molecule has 2 aromatic rings. The summed E-state index contributed by atoms with van der Waals surface area (Å²) >= 11 is 5.93. The van der Waals surface area contributed by atoms with Crippen molar-refractivity contribution >= 4 is 11.6 Å². The van der Waals surface area contributed by atoms with Gasteiger partial charge in [-0.3, -0.25) is 0 Å². The molecule has 0 aliphatic rings. The van der Waals surface area contributed by atoms with Crippen LogP contribution in [-0.4, -0.2) is 19.7 Å². The third-order valence-electron chi connectivity index (χ3n) is 2.48. The molecule has 90 valence electrons. The van der Waals surface area contributed by atoms with Gasteiger partial charge in [-0.2, -0.15) is 5.10 Å². The van der Waals surface area contributed by atoms with Crippen LogP contribution >= 0.6 is 11.6 Å². The molecule has 0 amide bonds. The Hall–Kier alpha value is -1.42. The lowest BCUT2D eigenvalue weighted by atomic mass is 10.2. The minimum Gasteiger partial charge on any atom is -0.239 e. The number of hydrogen-bond acceptors (Lipinski definition) is 3. The van der Waals surface area contributed by atoms with E-state index in [1.807, 2.05) is 19.2 Å². The minimum absolute atomic E-state index is 0.297. The topological polar surface area (TPSA) is 43.6 Å². The Balaban J connectivity index is 2.48. The van der Waals surface area contributed by atoms with E-state index in [9.17, 15) is 0 Å². The minimum atomic E-state index is 0.297. The van der Waals surface area contributed by atoms with Crippen LogP contribution < -0.4 is 0 Å². The molecule has 0 saturated heterocycles. The summed E-state index contributed by atoms with van der Waals surface area (Å²) in [5.41, 5.74) is 2.62. The van der Waals surface area contributed by atoms with Gasteiger partial charge in [0.2, 0.25) is 0 Å². The largest absolute Gasteiger partial charge is 0.239 e. The molecule has 0 aromatic carbocycles. The molecule has 0 spiro atoms. The number of alkyl halides is 1. The molecule has 0 unspecified atom stereocenters. The van der Waals surface area contributed by atoms with Crippen LogP contribution in [0.4, 0.5) is 0 Å². The van der Waals surface area contributed by atoms with Crippen LogP contribution in [-0.2, 0) is 5.88 Å². The van der Waals surface area contributed by atoms with E-state index in [0.717, 1.165) is 22.9 Å².